The van der Waals surface area contributed by atoms with Crippen molar-refractivity contribution < 1.29 is 12.8 Å². The fraction of sp³-hybridized carbons (Fsp3) is 0.455. The molecule has 0 unspecified atom stereocenters. The van der Waals surface area contributed by atoms with E-state index in [0.717, 1.165) is 18.9 Å². The molecule has 2 N–H and O–H groups in total. The molecule has 0 bridgehead atoms. The van der Waals surface area contributed by atoms with Crippen molar-refractivity contribution in [2.75, 3.05) is 12.3 Å². The highest BCUT2D eigenvalue weighted by atomic mass is 32.2. The Bertz CT molecular complexity index is 526. The van der Waals surface area contributed by atoms with Crippen LogP contribution in [-0.4, -0.2) is 25.3 Å². The van der Waals surface area contributed by atoms with Gasteiger partial charge in [0, 0.05) is 12.6 Å². The molecule has 1 saturated carbocycles. The maximum atomic E-state index is 13.0. The first-order chi connectivity index (χ1) is 7.96. The smallest absolute Gasteiger partial charge is 0.243 e. The van der Waals surface area contributed by atoms with Crippen LogP contribution in [0.25, 0.3) is 0 Å². The van der Waals surface area contributed by atoms with Gasteiger partial charge in [-0.2, -0.15) is 4.31 Å². The molecular formula is C11H15FN2O2S. The highest BCUT2D eigenvalue weighted by molar-refractivity contribution is 7.89. The largest absolute Gasteiger partial charge is 0.396 e. The molecule has 1 fully saturated rings. The third-order valence-electron chi connectivity index (χ3n) is 2.84. The summed E-state index contributed by atoms with van der Waals surface area (Å²) in [6, 6.07) is 3.61. The lowest BCUT2D eigenvalue weighted by Crippen LogP contribution is -2.32. The number of nitrogens with zero attached hydrogens (tertiary/aromatic N) is 1. The van der Waals surface area contributed by atoms with Crippen LogP contribution in [0, 0.1) is 5.82 Å². The number of hydrogen-bond acceptors (Lipinski definition) is 3. The molecule has 0 aromatic heterocycles. The average molecular weight is 258 g/mol. The van der Waals surface area contributed by atoms with Crippen molar-refractivity contribution in [2.24, 2.45) is 0 Å². The van der Waals surface area contributed by atoms with Crippen LogP contribution >= 0.6 is 0 Å². The molecule has 1 aliphatic rings. The zero-order valence-corrected chi connectivity index (χ0v) is 10.4. The molecule has 0 atom stereocenters. The van der Waals surface area contributed by atoms with Gasteiger partial charge in [0.25, 0.3) is 0 Å². The van der Waals surface area contributed by atoms with Gasteiger partial charge in [-0.05, 0) is 31.0 Å². The topological polar surface area (TPSA) is 63.4 Å². The standard InChI is InChI=1S/C11H15FN2O2S/c1-2-14(8-3-4-8)17(15,16)9-5-6-10(12)11(13)7-9/h5-8H,2-4,13H2,1H3. The second-order valence-corrected chi connectivity index (χ2v) is 6.01. The number of nitrogens with two attached hydrogens (primary N) is 1. The van der Waals surface area contributed by atoms with Crippen molar-refractivity contribution in [1.29, 1.82) is 0 Å². The van der Waals surface area contributed by atoms with Gasteiger partial charge in [0.2, 0.25) is 10.0 Å². The van der Waals surface area contributed by atoms with Crippen LogP contribution in [0.2, 0.25) is 0 Å². The lowest BCUT2D eigenvalue weighted by Gasteiger charge is -2.20. The summed E-state index contributed by atoms with van der Waals surface area (Å²) in [5.41, 5.74) is 5.25. The number of hydrogen-bond donors (Lipinski definition) is 1. The first-order valence-corrected chi connectivity index (χ1v) is 6.97. The average Bonchev–Trinajstić information content (AvgIpc) is 3.07. The predicted molar refractivity (Wildman–Crippen MR) is 63.4 cm³/mol. The summed E-state index contributed by atoms with van der Waals surface area (Å²) in [5, 5.41) is 0. The summed E-state index contributed by atoms with van der Waals surface area (Å²) in [6.07, 6.45) is 1.79. The number of anilines is 1. The molecular weight excluding hydrogens is 243 g/mol. The van der Waals surface area contributed by atoms with Gasteiger partial charge in [-0.25, -0.2) is 12.8 Å². The number of benzene rings is 1. The molecule has 0 amide bonds. The van der Waals surface area contributed by atoms with Crippen molar-refractivity contribution in [3.8, 4) is 0 Å². The van der Waals surface area contributed by atoms with Crippen LogP contribution in [-0.2, 0) is 10.0 Å². The maximum Gasteiger partial charge on any atom is 0.243 e. The van der Waals surface area contributed by atoms with E-state index in [1.165, 1.54) is 16.4 Å². The molecule has 0 spiro atoms. The quantitative estimate of drug-likeness (QED) is 0.834. The first-order valence-electron chi connectivity index (χ1n) is 5.53. The summed E-state index contributed by atoms with van der Waals surface area (Å²) < 4.78 is 39.0. The van der Waals surface area contributed by atoms with Crippen LogP contribution in [0.4, 0.5) is 10.1 Å². The fourth-order valence-corrected chi connectivity index (χ4v) is 3.53. The van der Waals surface area contributed by atoms with E-state index in [4.69, 9.17) is 5.73 Å². The molecule has 0 radical (unpaired) electrons. The number of nitrogen functional groups attached to an aromatic ring is 1. The van der Waals surface area contributed by atoms with Crippen molar-refractivity contribution >= 4 is 15.7 Å². The minimum atomic E-state index is -3.54. The molecule has 1 aromatic rings. The number of halogens is 1. The second-order valence-electron chi connectivity index (χ2n) is 4.12. The Morgan fingerprint density at radius 2 is 2.12 bits per heavy atom. The summed E-state index contributed by atoms with van der Waals surface area (Å²) >= 11 is 0. The van der Waals surface area contributed by atoms with Gasteiger partial charge in [0.15, 0.2) is 0 Å². The minimum Gasteiger partial charge on any atom is -0.396 e. The Morgan fingerprint density at radius 3 is 2.59 bits per heavy atom. The molecule has 17 heavy (non-hydrogen) atoms. The van der Waals surface area contributed by atoms with Crippen molar-refractivity contribution in [1.82, 2.24) is 4.31 Å². The SMILES string of the molecule is CCN(C1CC1)S(=O)(=O)c1ccc(F)c(N)c1. The Balaban J connectivity index is 2.39. The van der Waals surface area contributed by atoms with E-state index in [9.17, 15) is 12.8 Å². The third-order valence-corrected chi connectivity index (χ3v) is 4.86. The van der Waals surface area contributed by atoms with Crippen LogP contribution in [0.5, 0.6) is 0 Å². The first kappa shape index (κ1) is 12.3. The van der Waals surface area contributed by atoms with Crippen LogP contribution in [0.1, 0.15) is 19.8 Å². The van der Waals surface area contributed by atoms with E-state index in [-0.39, 0.29) is 16.6 Å². The van der Waals surface area contributed by atoms with E-state index in [2.05, 4.69) is 0 Å². The highest BCUT2D eigenvalue weighted by Crippen LogP contribution is 2.32. The monoisotopic (exact) mass is 258 g/mol. The zero-order valence-electron chi connectivity index (χ0n) is 9.56. The van der Waals surface area contributed by atoms with Gasteiger partial charge in [-0.3, -0.25) is 0 Å². The zero-order chi connectivity index (χ0) is 12.6. The van der Waals surface area contributed by atoms with Crippen molar-refractivity contribution in [3.63, 3.8) is 0 Å². The third kappa shape index (κ3) is 2.28. The Labute approximate surface area is 100 Å². The van der Waals surface area contributed by atoms with E-state index in [1.54, 1.807) is 6.92 Å². The molecule has 4 nitrogen and oxygen atoms in total. The second kappa shape index (κ2) is 4.27. The lowest BCUT2D eigenvalue weighted by atomic mass is 10.3. The van der Waals surface area contributed by atoms with Gasteiger partial charge in [-0.1, -0.05) is 6.92 Å². The van der Waals surface area contributed by atoms with E-state index < -0.39 is 15.8 Å². The molecule has 0 heterocycles. The molecule has 1 aromatic carbocycles. The van der Waals surface area contributed by atoms with Gasteiger partial charge in [0.1, 0.15) is 5.82 Å². The van der Waals surface area contributed by atoms with Gasteiger partial charge in [-0.15, -0.1) is 0 Å². The number of rotatable bonds is 4. The number of sulfonamides is 1. The Hall–Kier alpha value is -1.14. The van der Waals surface area contributed by atoms with Gasteiger partial charge in [0.05, 0.1) is 10.6 Å². The van der Waals surface area contributed by atoms with Crippen LogP contribution in [0.15, 0.2) is 23.1 Å². The van der Waals surface area contributed by atoms with Gasteiger partial charge >= 0.3 is 0 Å². The van der Waals surface area contributed by atoms with Crippen LogP contribution in [0.3, 0.4) is 0 Å². The van der Waals surface area contributed by atoms with Crippen molar-refractivity contribution in [3.05, 3.63) is 24.0 Å². The van der Waals surface area contributed by atoms with Crippen LogP contribution < -0.4 is 5.73 Å². The summed E-state index contributed by atoms with van der Waals surface area (Å²) in [4.78, 5) is 0.0603. The molecule has 6 heteroatoms. The van der Waals surface area contributed by atoms with Crippen molar-refractivity contribution in [2.45, 2.75) is 30.7 Å². The maximum absolute atomic E-state index is 13.0. The van der Waals surface area contributed by atoms with E-state index >= 15 is 0 Å². The Kier molecular flexibility index (Phi) is 3.09. The normalized spacial score (nSPS) is 16.4. The summed E-state index contributed by atoms with van der Waals surface area (Å²) in [5.74, 6) is -0.599. The summed E-state index contributed by atoms with van der Waals surface area (Å²) in [6.45, 7) is 2.22. The van der Waals surface area contributed by atoms with E-state index in [0.29, 0.717) is 6.54 Å². The van der Waals surface area contributed by atoms with Gasteiger partial charge < -0.3 is 5.73 Å². The fourth-order valence-electron chi connectivity index (χ4n) is 1.80. The minimum absolute atomic E-state index is 0.0603. The molecule has 0 saturated heterocycles. The predicted octanol–water partition coefficient (Wildman–Crippen LogP) is 1.58. The molecule has 1 aliphatic carbocycles. The molecule has 94 valence electrons. The lowest BCUT2D eigenvalue weighted by molar-refractivity contribution is 0.421. The summed E-state index contributed by atoms with van der Waals surface area (Å²) in [7, 11) is -3.54. The molecule has 2 rings (SSSR count). The Morgan fingerprint density at radius 1 is 1.47 bits per heavy atom. The highest BCUT2D eigenvalue weighted by Gasteiger charge is 2.36. The van der Waals surface area contributed by atoms with E-state index in [1.807, 2.05) is 0 Å². The molecule has 0 aliphatic heterocycles.